The molecule has 0 saturated heterocycles. The van der Waals surface area contributed by atoms with Crippen LogP contribution < -0.4 is 14.8 Å². The second-order valence-electron chi connectivity index (χ2n) is 6.62. The molecule has 1 amide bonds. The van der Waals surface area contributed by atoms with Gasteiger partial charge in [0, 0.05) is 0 Å². The zero-order valence-corrected chi connectivity index (χ0v) is 15.6. The maximum atomic E-state index is 12.4. The Kier molecular flexibility index (Phi) is 6.45. The summed E-state index contributed by atoms with van der Waals surface area (Å²) >= 11 is 0. The van der Waals surface area contributed by atoms with Crippen LogP contribution in [0.4, 0.5) is 0 Å². The van der Waals surface area contributed by atoms with Gasteiger partial charge in [-0.2, -0.15) is 0 Å². The predicted octanol–water partition coefficient (Wildman–Crippen LogP) is 4.20. The predicted molar refractivity (Wildman–Crippen MR) is 100 cm³/mol. The first-order valence-corrected chi connectivity index (χ1v) is 8.54. The second kappa shape index (κ2) is 8.56. The van der Waals surface area contributed by atoms with Crippen molar-refractivity contribution in [3.05, 3.63) is 59.2 Å². The lowest BCUT2D eigenvalue weighted by atomic mass is 9.96. The average Bonchev–Trinajstić information content (AvgIpc) is 2.60. The third-order valence-electron chi connectivity index (χ3n) is 4.16. The Morgan fingerprint density at radius 2 is 1.76 bits per heavy atom. The van der Waals surface area contributed by atoms with Gasteiger partial charge < -0.3 is 14.8 Å². The summed E-state index contributed by atoms with van der Waals surface area (Å²) in [5.41, 5.74) is 3.18. The summed E-state index contributed by atoms with van der Waals surface area (Å²) in [5.74, 6) is 1.69. The fourth-order valence-electron chi connectivity index (χ4n) is 2.67. The van der Waals surface area contributed by atoms with Gasteiger partial charge in [-0.25, -0.2) is 0 Å². The number of carbonyl (C=O) groups is 1. The Balaban J connectivity index is 2.01. The SMILES string of the molecule is COc1ccc([C@@H](NC(=O)COc2cc(C)ccc2C)C(C)C)cc1. The van der Waals surface area contributed by atoms with Crippen LogP contribution in [0.2, 0.25) is 0 Å². The van der Waals surface area contributed by atoms with Gasteiger partial charge in [-0.3, -0.25) is 4.79 Å². The second-order valence-corrected chi connectivity index (χ2v) is 6.62. The number of benzene rings is 2. The fraction of sp³-hybridized carbons (Fsp3) is 0.381. The largest absolute Gasteiger partial charge is 0.497 e. The molecule has 0 aliphatic rings. The van der Waals surface area contributed by atoms with Gasteiger partial charge in [0.25, 0.3) is 5.91 Å². The van der Waals surface area contributed by atoms with Crippen molar-refractivity contribution in [3.63, 3.8) is 0 Å². The van der Waals surface area contributed by atoms with Crippen molar-refractivity contribution in [2.45, 2.75) is 33.7 Å². The van der Waals surface area contributed by atoms with Gasteiger partial charge in [-0.1, -0.05) is 38.1 Å². The van der Waals surface area contributed by atoms with E-state index in [0.29, 0.717) is 0 Å². The van der Waals surface area contributed by atoms with Crippen molar-refractivity contribution in [3.8, 4) is 11.5 Å². The lowest BCUT2D eigenvalue weighted by molar-refractivity contribution is -0.124. The summed E-state index contributed by atoms with van der Waals surface area (Å²) < 4.78 is 10.9. The molecular weight excluding hydrogens is 314 g/mol. The molecule has 1 atom stereocenters. The third-order valence-corrected chi connectivity index (χ3v) is 4.16. The fourth-order valence-corrected chi connectivity index (χ4v) is 2.67. The van der Waals surface area contributed by atoms with E-state index in [4.69, 9.17) is 9.47 Å². The zero-order valence-electron chi connectivity index (χ0n) is 15.6. The molecule has 4 heteroatoms. The smallest absolute Gasteiger partial charge is 0.258 e. The zero-order chi connectivity index (χ0) is 18.4. The number of rotatable bonds is 7. The Bertz CT molecular complexity index is 708. The topological polar surface area (TPSA) is 47.6 Å². The summed E-state index contributed by atoms with van der Waals surface area (Å²) in [6, 6.07) is 13.7. The minimum Gasteiger partial charge on any atom is -0.497 e. The number of aryl methyl sites for hydroxylation is 2. The van der Waals surface area contributed by atoms with E-state index in [0.717, 1.165) is 28.2 Å². The van der Waals surface area contributed by atoms with E-state index < -0.39 is 0 Å². The van der Waals surface area contributed by atoms with Crippen LogP contribution in [-0.2, 0) is 4.79 Å². The lowest BCUT2D eigenvalue weighted by Gasteiger charge is -2.23. The van der Waals surface area contributed by atoms with Crippen molar-refractivity contribution >= 4 is 5.91 Å². The quantitative estimate of drug-likeness (QED) is 0.821. The Labute approximate surface area is 150 Å². The number of nitrogens with one attached hydrogen (secondary N) is 1. The van der Waals surface area contributed by atoms with Crippen molar-refractivity contribution in [2.24, 2.45) is 5.92 Å². The van der Waals surface area contributed by atoms with Crippen LogP contribution in [0, 0.1) is 19.8 Å². The van der Waals surface area contributed by atoms with E-state index in [1.165, 1.54) is 0 Å². The highest BCUT2D eigenvalue weighted by Gasteiger charge is 2.19. The normalized spacial score (nSPS) is 11.9. The molecule has 0 fully saturated rings. The first kappa shape index (κ1) is 18.8. The molecule has 4 nitrogen and oxygen atoms in total. The standard InChI is InChI=1S/C21H27NO3/c1-14(2)21(17-8-10-18(24-5)11-9-17)22-20(23)13-25-19-12-15(3)6-7-16(19)4/h6-12,14,21H,13H2,1-5H3,(H,22,23)/t21-/m0/s1. The summed E-state index contributed by atoms with van der Waals surface area (Å²) in [6.07, 6.45) is 0. The highest BCUT2D eigenvalue weighted by molar-refractivity contribution is 5.78. The summed E-state index contributed by atoms with van der Waals surface area (Å²) in [4.78, 5) is 12.4. The molecule has 0 spiro atoms. The monoisotopic (exact) mass is 341 g/mol. The van der Waals surface area contributed by atoms with Gasteiger partial charge in [0.2, 0.25) is 0 Å². The van der Waals surface area contributed by atoms with E-state index >= 15 is 0 Å². The molecule has 0 aromatic heterocycles. The molecule has 2 rings (SSSR count). The van der Waals surface area contributed by atoms with Crippen LogP contribution in [0.1, 0.15) is 36.6 Å². The van der Waals surface area contributed by atoms with Crippen molar-refractivity contribution in [1.29, 1.82) is 0 Å². The molecule has 0 heterocycles. The summed E-state index contributed by atoms with van der Waals surface area (Å²) in [5, 5.41) is 3.07. The van der Waals surface area contributed by atoms with Crippen molar-refractivity contribution in [2.75, 3.05) is 13.7 Å². The minimum atomic E-state index is -0.129. The molecular formula is C21H27NO3. The van der Waals surface area contributed by atoms with Gasteiger partial charge >= 0.3 is 0 Å². The highest BCUT2D eigenvalue weighted by Crippen LogP contribution is 2.24. The first-order chi connectivity index (χ1) is 11.9. The van der Waals surface area contributed by atoms with Gasteiger partial charge in [-0.15, -0.1) is 0 Å². The van der Waals surface area contributed by atoms with E-state index in [1.54, 1.807) is 7.11 Å². The number of ether oxygens (including phenoxy) is 2. The number of amides is 1. The van der Waals surface area contributed by atoms with Gasteiger partial charge in [0.1, 0.15) is 11.5 Å². The van der Waals surface area contributed by atoms with Crippen LogP contribution in [-0.4, -0.2) is 19.6 Å². The van der Waals surface area contributed by atoms with Crippen LogP contribution in [0.5, 0.6) is 11.5 Å². The molecule has 0 saturated carbocycles. The molecule has 0 aliphatic heterocycles. The van der Waals surface area contributed by atoms with Crippen molar-refractivity contribution < 1.29 is 14.3 Å². The maximum absolute atomic E-state index is 12.4. The highest BCUT2D eigenvalue weighted by atomic mass is 16.5. The minimum absolute atomic E-state index is 0.00364. The molecule has 0 aliphatic carbocycles. The van der Waals surface area contributed by atoms with Gasteiger partial charge in [-0.05, 0) is 54.7 Å². The van der Waals surface area contributed by atoms with Crippen LogP contribution in [0.25, 0.3) is 0 Å². The molecule has 134 valence electrons. The molecule has 0 unspecified atom stereocenters. The molecule has 25 heavy (non-hydrogen) atoms. The van der Waals surface area contributed by atoms with E-state index in [1.807, 2.05) is 56.3 Å². The van der Waals surface area contributed by atoms with Gasteiger partial charge in [0.15, 0.2) is 6.61 Å². The van der Waals surface area contributed by atoms with E-state index in [9.17, 15) is 4.79 Å². The van der Waals surface area contributed by atoms with Gasteiger partial charge in [0.05, 0.1) is 13.2 Å². The van der Waals surface area contributed by atoms with Crippen LogP contribution in [0.15, 0.2) is 42.5 Å². The molecule has 2 aromatic carbocycles. The first-order valence-electron chi connectivity index (χ1n) is 8.54. The lowest BCUT2D eigenvalue weighted by Crippen LogP contribution is -2.35. The number of carbonyl (C=O) groups excluding carboxylic acids is 1. The summed E-state index contributed by atoms with van der Waals surface area (Å²) in [6.45, 7) is 8.15. The molecule has 1 N–H and O–H groups in total. The third kappa shape index (κ3) is 5.24. The average molecular weight is 341 g/mol. The van der Waals surface area contributed by atoms with Crippen molar-refractivity contribution in [1.82, 2.24) is 5.32 Å². The Hall–Kier alpha value is -2.49. The van der Waals surface area contributed by atoms with E-state index in [-0.39, 0.29) is 24.5 Å². The van der Waals surface area contributed by atoms with Crippen LogP contribution >= 0.6 is 0 Å². The number of hydrogen-bond acceptors (Lipinski definition) is 3. The van der Waals surface area contributed by atoms with E-state index in [2.05, 4.69) is 19.2 Å². The molecule has 2 aromatic rings. The Morgan fingerprint density at radius 1 is 1.08 bits per heavy atom. The summed E-state index contributed by atoms with van der Waals surface area (Å²) in [7, 11) is 1.64. The number of hydrogen-bond donors (Lipinski definition) is 1. The molecule has 0 radical (unpaired) electrons. The maximum Gasteiger partial charge on any atom is 0.258 e. The number of methoxy groups -OCH3 is 1. The Morgan fingerprint density at radius 3 is 2.36 bits per heavy atom. The van der Waals surface area contributed by atoms with Crippen LogP contribution in [0.3, 0.4) is 0 Å². The molecule has 0 bridgehead atoms.